The molecule has 142 valence electrons. The zero-order chi connectivity index (χ0) is 18.8. The number of rotatable bonds is 6. The number of aromatic nitrogens is 3. The molecule has 1 fully saturated rings. The van der Waals surface area contributed by atoms with Crippen molar-refractivity contribution in [2.75, 3.05) is 19.6 Å². The summed E-state index contributed by atoms with van der Waals surface area (Å²) in [5.74, 6) is 0.234. The maximum Gasteiger partial charge on any atom is 0.252 e. The van der Waals surface area contributed by atoms with Gasteiger partial charge in [0.2, 0.25) is 0 Å². The van der Waals surface area contributed by atoms with E-state index in [2.05, 4.69) is 49.9 Å². The Kier molecular flexibility index (Phi) is 5.61. The van der Waals surface area contributed by atoms with Gasteiger partial charge in [-0.25, -0.2) is 9.67 Å². The molecule has 2 aromatic rings. The largest absolute Gasteiger partial charge is 0.350 e. The second-order valence-electron chi connectivity index (χ2n) is 7.80. The summed E-state index contributed by atoms with van der Waals surface area (Å²) in [6.45, 7) is 13.4. The molecule has 0 saturated carbocycles. The highest BCUT2D eigenvalue weighted by molar-refractivity contribution is 6.05. The highest BCUT2D eigenvalue weighted by atomic mass is 16.1. The standard InChI is InChI=1S/C20H31N5O/c1-6-24-9-7-8-15(24)11-21-20(26)16-10-18(13(2)3)23-19-17(16)12-22-25(19)14(4)5/h10,12-15H,6-9,11H2,1-5H3,(H,21,26). The van der Waals surface area contributed by atoms with Crippen LogP contribution in [0.2, 0.25) is 0 Å². The molecule has 0 aliphatic carbocycles. The minimum atomic E-state index is -0.0226. The van der Waals surface area contributed by atoms with Crippen molar-refractivity contribution in [3.8, 4) is 0 Å². The molecule has 1 aliphatic rings. The number of fused-ring (bicyclic) bond motifs is 1. The van der Waals surface area contributed by atoms with Gasteiger partial charge in [0.25, 0.3) is 5.91 Å². The van der Waals surface area contributed by atoms with Crippen LogP contribution in [-0.4, -0.2) is 51.2 Å². The Morgan fingerprint density at radius 1 is 1.35 bits per heavy atom. The van der Waals surface area contributed by atoms with Gasteiger partial charge in [0, 0.05) is 24.3 Å². The van der Waals surface area contributed by atoms with Gasteiger partial charge in [-0.05, 0) is 51.8 Å². The Morgan fingerprint density at radius 2 is 2.12 bits per heavy atom. The third kappa shape index (κ3) is 3.61. The Morgan fingerprint density at radius 3 is 2.77 bits per heavy atom. The molecule has 0 bridgehead atoms. The van der Waals surface area contributed by atoms with Crippen molar-refractivity contribution in [3.05, 3.63) is 23.5 Å². The maximum atomic E-state index is 13.0. The van der Waals surface area contributed by atoms with Crippen molar-refractivity contribution >= 4 is 16.9 Å². The van der Waals surface area contributed by atoms with Crippen molar-refractivity contribution in [2.45, 2.75) is 65.5 Å². The molecule has 1 saturated heterocycles. The lowest BCUT2D eigenvalue weighted by molar-refractivity contribution is 0.0943. The molecule has 2 aromatic heterocycles. The van der Waals surface area contributed by atoms with E-state index in [0.717, 1.165) is 36.2 Å². The van der Waals surface area contributed by atoms with Gasteiger partial charge in [0.1, 0.15) is 0 Å². The number of likely N-dealkylation sites (tertiary alicyclic amines) is 1. The van der Waals surface area contributed by atoms with Gasteiger partial charge in [-0.15, -0.1) is 0 Å². The number of pyridine rings is 1. The molecule has 0 spiro atoms. The zero-order valence-corrected chi connectivity index (χ0v) is 16.6. The van der Waals surface area contributed by atoms with Gasteiger partial charge in [0.05, 0.1) is 17.1 Å². The smallest absolute Gasteiger partial charge is 0.252 e. The third-order valence-corrected chi connectivity index (χ3v) is 5.32. The second kappa shape index (κ2) is 7.74. The lowest BCUT2D eigenvalue weighted by Gasteiger charge is -2.23. The van der Waals surface area contributed by atoms with Gasteiger partial charge < -0.3 is 5.32 Å². The lowest BCUT2D eigenvalue weighted by Crippen LogP contribution is -2.40. The third-order valence-electron chi connectivity index (χ3n) is 5.32. The van der Waals surface area contributed by atoms with Crippen molar-refractivity contribution in [2.24, 2.45) is 0 Å². The molecule has 1 unspecified atom stereocenters. The average molecular weight is 358 g/mol. The van der Waals surface area contributed by atoms with Gasteiger partial charge in [-0.3, -0.25) is 9.69 Å². The lowest BCUT2D eigenvalue weighted by atomic mass is 10.0. The van der Waals surface area contributed by atoms with E-state index in [4.69, 9.17) is 4.98 Å². The summed E-state index contributed by atoms with van der Waals surface area (Å²) in [6, 6.07) is 2.58. The van der Waals surface area contributed by atoms with Crippen LogP contribution in [0, 0.1) is 0 Å². The van der Waals surface area contributed by atoms with E-state index in [9.17, 15) is 4.79 Å². The Hall–Kier alpha value is -1.95. The fraction of sp³-hybridized carbons (Fsp3) is 0.650. The molecule has 26 heavy (non-hydrogen) atoms. The first-order valence-corrected chi connectivity index (χ1v) is 9.82. The quantitative estimate of drug-likeness (QED) is 0.861. The topological polar surface area (TPSA) is 63.1 Å². The minimum absolute atomic E-state index is 0.0226. The molecule has 1 amide bonds. The maximum absolute atomic E-state index is 13.0. The number of hydrogen-bond donors (Lipinski definition) is 1. The van der Waals surface area contributed by atoms with Crippen molar-refractivity contribution in [1.82, 2.24) is 25.0 Å². The first-order chi connectivity index (χ1) is 12.4. The van der Waals surface area contributed by atoms with Gasteiger partial charge >= 0.3 is 0 Å². The summed E-state index contributed by atoms with van der Waals surface area (Å²) in [5, 5.41) is 8.46. The molecule has 0 aromatic carbocycles. The van der Waals surface area contributed by atoms with Crippen molar-refractivity contribution in [1.29, 1.82) is 0 Å². The first kappa shape index (κ1) is 18.8. The molecule has 6 nitrogen and oxygen atoms in total. The van der Waals surface area contributed by atoms with Gasteiger partial charge in [0.15, 0.2) is 5.65 Å². The van der Waals surface area contributed by atoms with Crippen molar-refractivity contribution < 1.29 is 4.79 Å². The predicted molar refractivity (Wildman–Crippen MR) is 105 cm³/mol. The Balaban J connectivity index is 1.89. The summed E-state index contributed by atoms with van der Waals surface area (Å²) in [6.07, 6.45) is 4.14. The summed E-state index contributed by atoms with van der Waals surface area (Å²) < 4.78 is 1.90. The fourth-order valence-corrected chi connectivity index (χ4v) is 3.75. The van der Waals surface area contributed by atoms with E-state index in [1.807, 2.05) is 10.7 Å². The van der Waals surface area contributed by atoms with E-state index in [1.165, 1.54) is 6.42 Å². The van der Waals surface area contributed by atoms with E-state index in [1.54, 1.807) is 6.20 Å². The molecular weight excluding hydrogens is 326 g/mol. The number of nitrogens with one attached hydrogen (secondary N) is 1. The molecule has 0 radical (unpaired) electrons. The first-order valence-electron chi connectivity index (χ1n) is 9.82. The Labute approximate surface area is 156 Å². The van der Waals surface area contributed by atoms with Crippen LogP contribution in [0.25, 0.3) is 11.0 Å². The van der Waals surface area contributed by atoms with Gasteiger partial charge in [-0.1, -0.05) is 20.8 Å². The van der Waals surface area contributed by atoms with Crippen LogP contribution in [0.1, 0.15) is 75.5 Å². The van der Waals surface area contributed by atoms with E-state index < -0.39 is 0 Å². The van der Waals surface area contributed by atoms with Gasteiger partial charge in [-0.2, -0.15) is 5.10 Å². The molecule has 6 heteroatoms. The summed E-state index contributed by atoms with van der Waals surface area (Å²) in [5.41, 5.74) is 2.42. The zero-order valence-electron chi connectivity index (χ0n) is 16.6. The van der Waals surface area contributed by atoms with E-state index in [-0.39, 0.29) is 17.9 Å². The van der Waals surface area contributed by atoms with Crippen LogP contribution >= 0.6 is 0 Å². The van der Waals surface area contributed by atoms with Crippen LogP contribution in [0.15, 0.2) is 12.3 Å². The number of hydrogen-bond acceptors (Lipinski definition) is 4. The van der Waals surface area contributed by atoms with Crippen LogP contribution in [0.4, 0.5) is 0 Å². The molecule has 1 aliphatic heterocycles. The minimum Gasteiger partial charge on any atom is -0.350 e. The highest BCUT2D eigenvalue weighted by Crippen LogP contribution is 2.24. The fourth-order valence-electron chi connectivity index (χ4n) is 3.75. The molecular formula is C20H31N5O. The Bertz CT molecular complexity index is 780. The summed E-state index contributed by atoms with van der Waals surface area (Å²) >= 11 is 0. The van der Waals surface area contributed by atoms with Crippen LogP contribution in [-0.2, 0) is 0 Å². The average Bonchev–Trinajstić information content (AvgIpc) is 3.24. The number of likely N-dealkylation sites (N-methyl/N-ethyl adjacent to an activating group) is 1. The SMILES string of the molecule is CCN1CCCC1CNC(=O)c1cc(C(C)C)nc2c1cnn2C(C)C. The predicted octanol–water partition coefficient (Wildman–Crippen LogP) is 3.35. The monoisotopic (exact) mass is 357 g/mol. The van der Waals surface area contributed by atoms with E-state index >= 15 is 0 Å². The van der Waals surface area contributed by atoms with Crippen LogP contribution < -0.4 is 5.32 Å². The summed E-state index contributed by atoms with van der Waals surface area (Å²) in [4.78, 5) is 20.2. The molecule has 1 N–H and O–H groups in total. The highest BCUT2D eigenvalue weighted by Gasteiger charge is 2.24. The second-order valence-corrected chi connectivity index (χ2v) is 7.80. The molecule has 3 rings (SSSR count). The molecule has 3 heterocycles. The number of carbonyl (C=O) groups is 1. The van der Waals surface area contributed by atoms with Crippen LogP contribution in [0.5, 0.6) is 0 Å². The number of amides is 1. The number of carbonyl (C=O) groups excluding carboxylic acids is 1. The molecule has 1 atom stereocenters. The van der Waals surface area contributed by atoms with Crippen LogP contribution in [0.3, 0.4) is 0 Å². The van der Waals surface area contributed by atoms with E-state index in [0.29, 0.717) is 18.2 Å². The van der Waals surface area contributed by atoms with Crippen molar-refractivity contribution in [3.63, 3.8) is 0 Å². The summed E-state index contributed by atoms with van der Waals surface area (Å²) in [7, 11) is 0. The number of nitrogens with zero attached hydrogens (tertiary/aromatic N) is 4. The normalized spacial score (nSPS) is 18.3.